The fourth-order valence-corrected chi connectivity index (χ4v) is 0.319. The van der Waals surface area contributed by atoms with Crippen LogP contribution in [0.5, 0.6) is 0 Å². The summed E-state index contributed by atoms with van der Waals surface area (Å²) >= 11 is 0. The molecule has 0 fully saturated rings. The van der Waals surface area contributed by atoms with Crippen LogP contribution in [0.4, 0.5) is 0 Å². The van der Waals surface area contributed by atoms with E-state index in [-0.39, 0.29) is 0 Å². The van der Waals surface area contributed by atoms with Gasteiger partial charge in [-0.2, -0.15) is 0 Å². The second-order valence-electron chi connectivity index (χ2n) is 1.87. The molecule has 0 atom stereocenters. The molecule has 0 nitrogen and oxygen atoms in total. The Morgan fingerprint density at radius 3 is 2.00 bits per heavy atom. The van der Waals surface area contributed by atoms with Gasteiger partial charge in [-0.05, 0) is 19.4 Å². The fourth-order valence-electron chi connectivity index (χ4n) is 0.319. The molecule has 0 saturated carbocycles. The van der Waals surface area contributed by atoms with Gasteiger partial charge in [0.15, 0.2) is 0 Å². The lowest BCUT2D eigenvalue weighted by molar-refractivity contribution is 1.37. The zero-order valence-electron chi connectivity index (χ0n) is 5.57. The van der Waals surface area contributed by atoms with Gasteiger partial charge in [-0.1, -0.05) is 30.9 Å². The molecule has 0 aliphatic heterocycles. The maximum Gasteiger partial charge on any atom is -0.0395 e. The number of allylic oxidation sites excluding steroid dienone is 4. The van der Waals surface area contributed by atoms with Crippen molar-refractivity contribution in [1.29, 1.82) is 0 Å². The van der Waals surface area contributed by atoms with Crippen LogP contribution in [0, 0.1) is 0 Å². The minimum atomic E-state index is 1.10. The average molecular weight is 108 g/mol. The Labute approximate surface area is 51.2 Å². The van der Waals surface area contributed by atoms with Crippen molar-refractivity contribution in [2.24, 2.45) is 0 Å². The van der Waals surface area contributed by atoms with Crippen molar-refractivity contribution in [3.8, 4) is 0 Å². The van der Waals surface area contributed by atoms with Crippen LogP contribution >= 0.6 is 0 Å². The summed E-state index contributed by atoms with van der Waals surface area (Å²) in [6.07, 6.45) is 3.71. The second kappa shape index (κ2) is 3.25. The predicted molar refractivity (Wildman–Crippen MR) is 38.8 cm³/mol. The van der Waals surface area contributed by atoms with Gasteiger partial charge in [-0.3, -0.25) is 0 Å². The lowest BCUT2D eigenvalue weighted by atomic mass is 10.1. The highest BCUT2D eigenvalue weighted by Gasteiger charge is 1.82. The van der Waals surface area contributed by atoms with Crippen molar-refractivity contribution in [3.05, 3.63) is 36.5 Å². The Kier molecular flexibility index (Phi) is 2.93. The van der Waals surface area contributed by atoms with Crippen molar-refractivity contribution in [1.82, 2.24) is 0 Å². The van der Waals surface area contributed by atoms with Gasteiger partial charge in [0.25, 0.3) is 0 Å². The van der Waals surface area contributed by atoms with Crippen LogP contribution < -0.4 is 0 Å². The fraction of sp³-hybridized carbons (Fsp3) is 0.250. The number of rotatable bonds is 2. The first-order chi connectivity index (χ1) is 3.68. The van der Waals surface area contributed by atoms with E-state index in [1.807, 2.05) is 19.9 Å². The second-order valence-corrected chi connectivity index (χ2v) is 1.87. The number of hydrogen-bond acceptors (Lipinski definition) is 0. The molecule has 0 rings (SSSR count). The Balaban J connectivity index is 3.99. The third kappa shape index (κ3) is 2.40. The molecule has 0 bridgehead atoms. The molecule has 0 heterocycles. The van der Waals surface area contributed by atoms with Crippen LogP contribution in [0.15, 0.2) is 36.5 Å². The highest BCUT2D eigenvalue weighted by Crippen LogP contribution is 2.03. The van der Waals surface area contributed by atoms with Crippen molar-refractivity contribution >= 4 is 0 Å². The van der Waals surface area contributed by atoms with E-state index in [9.17, 15) is 0 Å². The van der Waals surface area contributed by atoms with Gasteiger partial charge in [0.1, 0.15) is 0 Å². The van der Waals surface area contributed by atoms with Gasteiger partial charge in [0.05, 0.1) is 0 Å². The summed E-state index contributed by atoms with van der Waals surface area (Å²) < 4.78 is 0. The number of hydrogen-bond donors (Lipinski definition) is 0. The van der Waals surface area contributed by atoms with Gasteiger partial charge in [0.2, 0.25) is 0 Å². The minimum absolute atomic E-state index is 1.10. The highest BCUT2D eigenvalue weighted by atomic mass is 13.9. The monoisotopic (exact) mass is 108 g/mol. The lowest BCUT2D eigenvalue weighted by Crippen LogP contribution is -1.72. The molecule has 0 aromatic heterocycles. The molecule has 0 amide bonds. The average Bonchev–Trinajstić information content (AvgIpc) is 1.67. The first-order valence-corrected chi connectivity index (χ1v) is 2.63. The van der Waals surface area contributed by atoms with E-state index in [0.717, 1.165) is 5.57 Å². The summed E-state index contributed by atoms with van der Waals surface area (Å²) in [4.78, 5) is 0. The Morgan fingerprint density at radius 2 is 1.88 bits per heavy atom. The summed E-state index contributed by atoms with van der Waals surface area (Å²) in [6.45, 7) is 11.3. The van der Waals surface area contributed by atoms with E-state index in [1.54, 1.807) is 6.08 Å². The van der Waals surface area contributed by atoms with E-state index < -0.39 is 0 Å². The van der Waals surface area contributed by atoms with Gasteiger partial charge in [-0.25, -0.2) is 0 Å². The molecule has 44 valence electrons. The minimum Gasteiger partial charge on any atom is -0.0991 e. The van der Waals surface area contributed by atoms with E-state index in [4.69, 9.17) is 0 Å². The summed E-state index contributed by atoms with van der Waals surface area (Å²) in [6, 6.07) is 0. The van der Waals surface area contributed by atoms with Gasteiger partial charge in [-0.15, -0.1) is 0 Å². The smallest absolute Gasteiger partial charge is 0.0395 e. The van der Waals surface area contributed by atoms with Crippen molar-refractivity contribution in [2.75, 3.05) is 0 Å². The zero-order valence-corrected chi connectivity index (χ0v) is 5.57. The van der Waals surface area contributed by atoms with Gasteiger partial charge in [0, 0.05) is 0 Å². The first-order valence-electron chi connectivity index (χ1n) is 2.63. The quantitative estimate of drug-likeness (QED) is 0.477. The molecule has 0 spiro atoms. The topological polar surface area (TPSA) is 0 Å². The molecule has 0 aromatic rings. The summed E-state index contributed by atoms with van der Waals surface area (Å²) in [5.74, 6) is 0. The third-order valence-electron chi connectivity index (χ3n) is 1.04. The van der Waals surface area contributed by atoms with Crippen molar-refractivity contribution in [3.63, 3.8) is 0 Å². The lowest BCUT2D eigenvalue weighted by Gasteiger charge is -1.92. The first kappa shape index (κ1) is 7.22. The summed E-state index contributed by atoms with van der Waals surface area (Å²) in [5, 5.41) is 0. The van der Waals surface area contributed by atoms with Crippen LogP contribution in [0.1, 0.15) is 13.8 Å². The molecule has 0 radical (unpaired) electrons. The third-order valence-corrected chi connectivity index (χ3v) is 1.04. The van der Waals surface area contributed by atoms with E-state index in [2.05, 4.69) is 13.2 Å². The van der Waals surface area contributed by atoms with Crippen LogP contribution in [0.3, 0.4) is 0 Å². The van der Waals surface area contributed by atoms with Crippen molar-refractivity contribution in [2.45, 2.75) is 13.8 Å². The zero-order chi connectivity index (χ0) is 6.57. The van der Waals surface area contributed by atoms with Crippen LogP contribution in [0.2, 0.25) is 0 Å². The Bertz CT molecular complexity index is 127. The van der Waals surface area contributed by atoms with E-state index >= 15 is 0 Å². The SMILES string of the molecule is C=C/C=C(\C)C(=C)C. The highest BCUT2D eigenvalue weighted by molar-refractivity contribution is 5.26. The molecule has 0 N–H and O–H groups in total. The Hall–Kier alpha value is -0.780. The molecule has 0 unspecified atom stereocenters. The van der Waals surface area contributed by atoms with E-state index in [0.29, 0.717) is 0 Å². The Morgan fingerprint density at radius 1 is 1.38 bits per heavy atom. The maximum absolute atomic E-state index is 3.76. The largest absolute Gasteiger partial charge is 0.0991 e. The molecule has 0 aromatic carbocycles. The van der Waals surface area contributed by atoms with E-state index in [1.165, 1.54) is 5.57 Å². The normalized spacial score (nSPS) is 11.0. The molecule has 0 aliphatic rings. The van der Waals surface area contributed by atoms with Crippen LogP contribution in [-0.2, 0) is 0 Å². The molecule has 8 heavy (non-hydrogen) atoms. The standard InChI is InChI=1S/C8H12/c1-5-6-8(4)7(2)3/h5-6H,1-2H2,3-4H3/b8-6+. The van der Waals surface area contributed by atoms with Gasteiger partial charge < -0.3 is 0 Å². The summed E-state index contributed by atoms with van der Waals surface area (Å²) in [5.41, 5.74) is 2.30. The molecule has 0 aliphatic carbocycles. The molecular formula is C8H12. The molecule has 0 heteroatoms. The summed E-state index contributed by atoms with van der Waals surface area (Å²) in [7, 11) is 0. The van der Waals surface area contributed by atoms with Crippen molar-refractivity contribution < 1.29 is 0 Å². The van der Waals surface area contributed by atoms with Crippen LogP contribution in [-0.4, -0.2) is 0 Å². The maximum atomic E-state index is 3.76. The van der Waals surface area contributed by atoms with Gasteiger partial charge >= 0.3 is 0 Å². The van der Waals surface area contributed by atoms with Crippen LogP contribution in [0.25, 0.3) is 0 Å². The molecular weight excluding hydrogens is 96.1 g/mol. The molecule has 0 saturated heterocycles. The predicted octanol–water partition coefficient (Wildman–Crippen LogP) is 2.69.